The maximum Gasteiger partial charge on any atom is 0.309 e. The summed E-state index contributed by atoms with van der Waals surface area (Å²) in [6, 6.07) is 0. The molecule has 0 radical (unpaired) electrons. The number of esters is 1. The fourth-order valence-corrected chi connectivity index (χ4v) is 3.18. The third-order valence-corrected chi connectivity index (χ3v) is 4.41. The van der Waals surface area contributed by atoms with E-state index in [1.165, 1.54) is 0 Å². The van der Waals surface area contributed by atoms with Crippen LogP contribution in [-0.2, 0) is 14.3 Å². The maximum absolute atomic E-state index is 11.6. The monoisotopic (exact) mass is 266 g/mol. The van der Waals surface area contributed by atoms with Crippen LogP contribution < -0.4 is 0 Å². The van der Waals surface area contributed by atoms with Crippen molar-refractivity contribution in [3.05, 3.63) is 11.6 Å². The highest BCUT2D eigenvalue weighted by Crippen LogP contribution is 2.40. The van der Waals surface area contributed by atoms with Crippen molar-refractivity contribution in [3.8, 4) is 0 Å². The number of aliphatic hydroxyl groups excluding tert-OH is 1. The van der Waals surface area contributed by atoms with E-state index in [2.05, 4.69) is 6.92 Å². The molecular formula is C15H22O4. The first-order valence-electron chi connectivity index (χ1n) is 6.98. The Morgan fingerprint density at radius 3 is 2.79 bits per heavy atom. The van der Waals surface area contributed by atoms with E-state index >= 15 is 0 Å². The zero-order chi connectivity index (χ0) is 14.2. The van der Waals surface area contributed by atoms with Crippen molar-refractivity contribution in [3.63, 3.8) is 0 Å². The number of aliphatic hydroxyl groups is 1. The molecule has 2 rings (SSSR count). The number of hydrogen-bond acceptors (Lipinski definition) is 4. The molecular weight excluding hydrogens is 244 g/mol. The fraction of sp³-hybridized carbons (Fsp3) is 0.733. The second-order valence-electron chi connectivity index (χ2n) is 5.91. The molecule has 4 heteroatoms. The van der Waals surface area contributed by atoms with Crippen LogP contribution >= 0.6 is 0 Å². The summed E-state index contributed by atoms with van der Waals surface area (Å²) in [6.45, 7) is 5.46. The number of ether oxygens (including phenoxy) is 1. The first kappa shape index (κ1) is 14.3. The Labute approximate surface area is 113 Å². The Kier molecular flexibility index (Phi) is 4.09. The van der Waals surface area contributed by atoms with Gasteiger partial charge in [0.1, 0.15) is 11.9 Å². The van der Waals surface area contributed by atoms with E-state index in [0.29, 0.717) is 12.8 Å². The average molecular weight is 266 g/mol. The molecule has 0 aromatic carbocycles. The quantitative estimate of drug-likeness (QED) is 0.625. The van der Waals surface area contributed by atoms with Crippen LogP contribution in [0.3, 0.4) is 0 Å². The molecule has 1 heterocycles. The number of carbonyl (C=O) groups is 2. The van der Waals surface area contributed by atoms with Crippen LogP contribution in [0.15, 0.2) is 11.6 Å². The van der Waals surface area contributed by atoms with Crippen molar-refractivity contribution >= 4 is 11.8 Å². The molecule has 106 valence electrons. The Morgan fingerprint density at radius 1 is 1.47 bits per heavy atom. The predicted molar refractivity (Wildman–Crippen MR) is 70.3 cm³/mol. The number of hydrogen-bond donors (Lipinski definition) is 1. The maximum atomic E-state index is 11.6. The summed E-state index contributed by atoms with van der Waals surface area (Å²) in [6.07, 6.45) is 2.93. The van der Waals surface area contributed by atoms with E-state index in [1.54, 1.807) is 6.92 Å². The third kappa shape index (κ3) is 2.89. The summed E-state index contributed by atoms with van der Waals surface area (Å²) in [4.78, 5) is 22.7. The van der Waals surface area contributed by atoms with Gasteiger partial charge in [0.25, 0.3) is 0 Å². The van der Waals surface area contributed by atoms with E-state index < -0.39 is 6.10 Å². The second kappa shape index (κ2) is 5.45. The van der Waals surface area contributed by atoms with Gasteiger partial charge in [-0.2, -0.15) is 0 Å². The number of carbonyl (C=O) groups excluding carboxylic acids is 2. The molecule has 5 atom stereocenters. The minimum Gasteiger partial charge on any atom is -0.462 e. The van der Waals surface area contributed by atoms with Crippen LogP contribution in [0.1, 0.15) is 40.0 Å². The molecule has 1 aliphatic carbocycles. The Hall–Kier alpha value is -1.16. The van der Waals surface area contributed by atoms with Gasteiger partial charge in [-0.25, -0.2) is 0 Å². The summed E-state index contributed by atoms with van der Waals surface area (Å²) >= 11 is 0. The van der Waals surface area contributed by atoms with Gasteiger partial charge >= 0.3 is 5.97 Å². The minimum absolute atomic E-state index is 0.148. The Morgan fingerprint density at radius 2 is 2.16 bits per heavy atom. The summed E-state index contributed by atoms with van der Waals surface area (Å²) in [5.74, 6) is -0.212. The lowest BCUT2D eigenvalue weighted by molar-refractivity contribution is -0.144. The molecule has 1 saturated heterocycles. The fourth-order valence-electron chi connectivity index (χ4n) is 3.18. The van der Waals surface area contributed by atoms with Gasteiger partial charge in [-0.1, -0.05) is 25.5 Å². The van der Waals surface area contributed by atoms with E-state index in [0.717, 1.165) is 12.0 Å². The van der Waals surface area contributed by atoms with Crippen LogP contribution in [0.4, 0.5) is 0 Å². The number of fused-ring (bicyclic) bond motifs is 1. The molecule has 0 aromatic rings. The van der Waals surface area contributed by atoms with Gasteiger partial charge in [0, 0.05) is 12.3 Å². The molecule has 1 aliphatic heterocycles. The summed E-state index contributed by atoms with van der Waals surface area (Å²) in [5, 5.41) is 10.3. The lowest BCUT2D eigenvalue weighted by Gasteiger charge is -2.20. The van der Waals surface area contributed by atoms with Crippen molar-refractivity contribution in [2.75, 3.05) is 0 Å². The smallest absolute Gasteiger partial charge is 0.309 e. The summed E-state index contributed by atoms with van der Waals surface area (Å²) < 4.78 is 5.37. The zero-order valence-electron chi connectivity index (χ0n) is 11.8. The van der Waals surface area contributed by atoms with Crippen molar-refractivity contribution in [1.82, 2.24) is 0 Å². The molecule has 4 nitrogen and oxygen atoms in total. The van der Waals surface area contributed by atoms with Crippen LogP contribution in [0, 0.1) is 17.8 Å². The number of rotatable bonds is 3. The average Bonchev–Trinajstić information content (AvgIpc) is 2.52. The molecule has 0 aromatic heterocycles. The van der Waals surface area contributed by atoms with Gasteiger partial charge in [0.15, 0.2) is 0 Å². The van der Waals surface area contributed by atoms with Crippen LogP contribution in [0.25, 0.3) is 0 Å². The molecule has 0 saturated carbocycles. The van der Waals surface area contributed by atoms with Gasteiger partial charge in [-0.3, -0.25) is 4.79 Å². The van der Waals surface area contributed by atoms with Crippen LogP contribution in [0.2, 0.25) is 0 Å². The zero-order valence-corrected chi connectivity index (χ0v) is 11.8. The van der Waals surface area contributed by atoms with Gasteiger partial charge in [-0.15, -0.1) is 0 Å². The molecule has 1 fully saturated rings. The SMILES string of the molecule is CC(=O)CCC1=C[C@@H](O)[C@@H]2[C@H](C)C(=O)O[C@@H]2C[C@@H]1C. The standard InChI is InChI=1S/C15H22O4/c1-8-6-13-14(10(3)15(18)19-13)12(17)7-11(8)5-4-9(2)16/h7-8,10,12-14,17H,4-6H2,1-3H3/t8-,10-,12+,13+,14-/m0/s1. The highest BCUT2D eigenvalue weighted by Gasteiger charge is 2.47. The van der Waals surface area contributed by atoms with Gasteiger partial charge in [-0.05, 0) is 25.7 Å². The Balaban J connectivity index is 2.16. The molecule has 0 unspecified atom stereocenters. The van der Waals surface area contributed by atoms with Gasteiger partial charge in [0.05, 0.1) is 12.0 Å². The van der Waals surface area contributed by atoms with E-state index in [9.17, 15) is 14.7 Å². The van der Waals surface area contributed by atoms with Crippen molar-refractivity contribution in [2.45, 2.75) is 52.2 Å². The van der Waals surface area contributed by atoms with E-state index in [1.807, 2.05) is 13.0 Å². The summed E-state index contributed by atoms with van der Waals surface area (Å²) in [7, 11) is 0. The number of ketones is 1. The normalized spacial score (nSPS) is 38.2. The second-order valence-corrected chi connectivity index (χ2v) is 5.91. The van der Waals surface area contributed by atoms with Gasteiger partial charge < -0.3 is 14.6 Å². The van der Waals surface area contributed by atoms with Crippen molar-refractivity contribution in [2.24, 2.45) is 17.8 Å². The van der Waals surface area contributed by atoms with Crippen LogP contribution in [0.5, 0.6) is 0 Å². The van der Waals surface area contributed by atoms with Gasteiger partial charge in [0.2, 0.25) is 0 Å². The lowest BCUT2D eigenvalue weighted by Crippen LogP contribution is -2.29. The molecule has 0 bridgehead atoms. The minimum atomic E-state index is -0.654. The number of allylic oxidation sites excluding steroid dienone is 1. The molecule has 19 heavy (non-hydrogen) atoms. The molecule has 0 spiro atoms. The molecule has 1 N–H and O–H groups in total. The highest BCUT2D eigenvalue weighted by molar-refractivity contribution is 5.76. The topological polar surface area (TPSA) is 63.6 Å². The first-order chi connectivity index (χ1) is 8.90. The summed E-state index contributed by atoms with van der Waals surface area (Å²) in [5.41, 5.74) is 1.11. The first-order valence-corrected chi connectivity index (χ1v) is 6.98. The van der Waals surface area contributed by atoms with Crippen molar-refractivity contribution in [1.29, 1.82) is 0 Å². The Bertz CT molecular complexity index is 412. The molecule has 2 aliphatic rings. The van der Waals surface area contributed by atoms with E-state index in [-0.39, 0.29) is 35.6 Å². The number of Topliss-reactive ketones (excluding diaryl/α,β-unsaturated/α-hetero) is 1. The predicted octanol–water partition coefficient (Wildman–Crippen LogP) is 1.86. The van der Waals surface area contributed by atoms with E-state index in [4.69, 9.17) is 4.74 Å². The molecule has 0 amide bonds. The highest BCUT2D eigenvalue weighted by atomic mass is 16.6. The van der Waals surface area contributed by atoms with Crippen LogP contribution in [-0.4, -0.2) is 29.1 Å². The largest absolute Gasteiger partial charge is 0.462 e. The van der Waals surface area contributed by atoms with Crippen molar-refractivity contribution < 1.29 is 19.4 Å². The third-order valence-electron chi connectivity index (χ3n) is 4.41. The lowest BCUT2D eigenvalue weighted by atomic mass is 9.85.